The maximum absolute atomic E-state index is 13.1. The Labute approximate surface area is 156 Å². The molecule has 2 N–H and O–H groups in total. The summed E-state index contributed by atoms with van der Waals surface area (Å²) in [4.78, 5) is -0.157. The highest BCUT2D eigenvalue weighted by Gasteiger charge is 2.37. The molecular weight excluding hydrogens is 407 g/mol. The molecule has 0 aromatic heterocycles. The van der Waals surface area contributed by atoms with E-state index in [2.05, 4.69) is 0 Å². The largest absolute Gasteiger partial charge is 0.266 e. The Morgan fingerprint density at radius 2 is 1.76 bits per heavy atom. The molecule has 1 heterocycles. The number of nitrogens with zero attached hydrogens (tertiary/aromatic N) is 1. The molecule has 0 saturated heterocycles. The van der Waals surface area contributed by atoms with Crippen molar-refractivity contribution in [2.75, 3.05) is 4.31 Å². The summed E-state index contributed by atoms with van der Waals surface area (Å²) in [6.07, 6.45) is 0.357. The van der Waals surface area contributed by atoms with Crippen LogP contribution in [0.2, 0.25) is 10.0 Å². The van der Waals surface area contributed by atoms with Crippen molar-refractivity contribution in [3.05, 3.63) is 52.0 Å². The molecular formula is C15H14Cl2N2O4S2. The van der Waals surface area contributed by atoms with Gasteiger partial charge >= 0.3 is 0 Å². The van der Waals surface area contributed by atoms with Crippen LogP contribution < -0.4 is 9.44 Å². The monoisotopic (exact) mass is 420 g/mol. The van der Waals surface area contributed by atoms with Crippen LogP contribution in [-0.4, -0.2) is 22.9 Å². The first-order valence-electron chi connectivity index (χ1n) is 7.17. The Hall–Kier alpha value is -1.32. The highest BCUT2D eigenvalue weighted by atomic mass is 35.5. The molecule has 0 amide bonds. The van der Waals surface area contributed by atoms with Crippen LogP contribution in [-0.2, 0) is 26.5 Å². The SMILES string of the molecule is CC1Cc2cc(S(N)(=O)=O)ccc2N1S(=O)(=O)c1cc(Cl)ccc1Cl. The first-order chi connectivity index (χ1) is 11.5. The molecule has 134 valence electrons. The lowest BCUT2D eigenvalue weighted by molar-refractivity contribution is 0.584. The van der Waals surface area contributed by atoms with Crippen molar-refractivity contribution in [3.63, 3.8) is 0 Å². The van der Waals surface area contributed by atoms with Crippen LogP contribution in [0.1, 0.15) is 12.5 Å². The first-order valence-corrected chi connectivity index (χ1v) is 10.9. The number of primary sulfonamides is 1. The van der Waals surface area contributed by atoms with E-state index in [0.717, 1.165) is 0 Å². The summed E-state index contributed by atoms with van der Waals surface area (Å²) in [6, 6.07) is 7.93. The predicted molar refractivity (Wildman–Crippen MR) is 97.1 cm³/mol. The topological polar surface area (TPSA) is 97.5 Å². The van der Waals surface area contributed by atoms with Crippen LogP contribution in [0.3, 0.4) is 0 Å². The smallest absolute Gasteiger partial charge is 0.263 e. The van der Waals surface area contributed by atoms with E-state index in [9.17, 15) is 16.8 Å². The van der Waals surface area contributed by atoms with Crippen LogP contribution in [0, 0.1) is 0 Å². The molecule has 0 fully saturated rings. The zero-order chi connectivity index (χ0) is 18.6. The normalized spacial score (nSPS) is 17.6. The van der Waals surface area contributed by atoms with Crippen molar-refractivity contribution in [2.45, 2.75) is 29.2 Å². The third-order valence-electron chi connectivity index (χ3n) is 3.96. The van der Waals surface area contributed by atoms with E-state index >= 15 is 0 Å². The van der Waals surface area contributed by atoms with Crippen molar-refractivity contribution in [3.8, 4) is 0 Å². The van der Waals surface area contributed by atoms with Crippen LogP contribution >= 0.6 is 23.2 Å². The van der Waals surface area contributed by atoms with Crippen molar-refractivity contribution < 1.29 is 16.8 Å². The summed E-state index contributed by atoms with van der Waals surface area (Å²) in [5.74, 6) is 0. The van der Waals surface area contributed by atoms with Crippen molar-refractivity contribution in [1.29, 1.82) is 0 Å². The van der Waals surface area contributed by atoms with Gasteiger partial charge in [0.1, 0.15) is 4.90 Å². The summed E-state index contributed by atoms with van der Waals surface area (Å²) in [6.45, 7) is 1.73. The number of nitrogens with two attached hydrogens (primary N) is 1. The second kappa shape index (κ2) is 6.14. The average molecular weight is 421 g/mol. The number of hydrogen-bond donors (Lipinski definition) is 1. The molecule has 0 aliphatic carbocycles. The Kier molecular flexibility index (Phi) is 4.53. The standard InChI is InChI=1S/C15H14Cl2N2O4S2/c1-9-6-10-7-12(24(18,20)21)3-5-14(10)19(9)25(22,23)15-8-11(16)2-4-13(15)17/h2-5,7-9H,6H2,1H3,(H2,18,20,21). The van der Waals surface area contributed by atoms with E-state index in [1.807, 2.05) is 0 Å². The minimum Gasteiger partial charge on any atom is -0.263 e. The molecule has 2 aromatic carbocycles. The maximum atomic E-state index is 13.1. The third-order valence-corrected chi connectivity index (χ3v) is 7.52. The van der Waals surface area contributed by atoms with E-state index in [0.29, 0.717) is 17.7 Å². The van der Waals surface area contributed by atoms with Gasteiger partial charge in [-0.2, -0.15) is 0 Å². The minimum atomic E-state index is -3.97. The zero-order valence-corrected chi connectivity index (χ0v) is 16.1. The average Bonchev–Trinajstić information content (AvgIpc) is 2.84. The summed E-state index contributed by atoms with van der Waals surface area (Å²) < 4.78 is 50.5. The molecule has 0 bridgehead atoms. The van der Waals surface area contributed by atoms with Gasteiger partial charge in [-0.15, -0.1) is 0 Å². The van der Waals surface area contributed by atoms with Crippen LogP contribution in [0.25, 0.3) is 0 Å². The van der Waals surface area contributed by atoms with Gasteiger partial charge in [0, 0.05) is 11.1 Å². The fraction of sp³-hybridized carbons (Fsp3) is 0.200. The quantitative estimate of drug-likeness (QED) is 0.824. The van der Waals surface area contributed by atoms with Crippen molar-refractivity contribution >= 4 is 48.9 Å². The lowest BCUT2D eigenvalue weighted by Gasteiger charge is -2.25. The minimum absolute atomic E-state index is 0.0570. The summed E-state index contributed by atoms with van der Waals surface area (Å²) in [7, 11) is -7.83. The molecule has 1 aliphatic rings. The molecule has 10 heteroatoms. The Morgan fingerprint density at radius 3 is 2.40 bits per heavy atom. The highest BCUT2D eigenvalue weighted by Crippen LogP contribution is 2.39. The van der Waals surface area contributed by atoms with E-state index in [1.54, 1.807) is 6.92 Å². The Balaban J connectivity index is 2.15. The third kappa shape index (κ3) is 3.24. The van der Waals surface area contributed by atoms with Gasteiger partial charge in [0.15, 0.2) is 0 Å². The van der Waals surface area contributed by atoms with E-state index in [4.69, 9.17) is 28.3 Å². The molecule has 1 aliphatic heterocycles. The maximum Gasteiger partial charge on any atom is 0.266 e. The van der Waals surface area contributed by atoms with Gasteiger partial charge in [-0.1, -0.05) is 23.2 Å². The van der Waals surface area contributed by atoms with Gasteiger partial charge in [-0.05, 0) is 55.3 Å². The first kappa shape index (κ1) is 18.5. The van der Waals surface area contributed by atoms with Gasteiger partial charge in [0.2, 0.25) is 10.0 Å². The number of sulfonamides is 2. The van der Waals surface area contributed by atoms with Gasteiger partial charge < -0.3 is 0 Å². The van der Waals surface area contributed by atoms with Crippen LogP contribution in [0.15, 0.2) is 46.2 Å². The molecule has 1 unspecified atom stereocenters. The predicted octanol–water partition coefficient (Wildman–Crippen LogP) is 2.78. The highest BCUT2D eigenvalue weighted by molar-refractivity contribution is 7.93. The summed E-state index contributed by atoms with van der Waals surface area (Å²) in [5.41, 5.74) is 0.983. The summed E-state index contributed by atoms with van der Waals surface area (Å²) >= 11 is 12.0. The number of halogens is 2. The molecule has 0 radical (unpaired) electrons. The van der Waals surface area contributed by atoms with Crippen LogP contribution in [0.5, 0.6) is 0 Å². The second-order valence-electron chi connectivity index (χ2n) is 5.76. The molecule has 25 heavy (non-hydrogen) atoms. The summed E-state index contributed by atoms with van der Waals surface area (Å²) in [5, 5.41) is 5.45. The van der Waals surface area contributed by atoms with Crippen molar-refractivity contribution in [2.24, 2.45) is 5.14 Å². The molecule has 0 spiro atoms. The number of anilines is 1. The number of rotatable bonds is 3. The van der Waals surface area contributed by atoms with E-state index in [-0.39, 0.29) is 19.8 Å². The molecule has 3 rings (SSSR count). The lowest BCUT2D eigenvalue weighted by atomic mass is 10.1. The molecule has 2 aromatic rings. The van der Waals surface area contributed by atoms with E-state index < -0.39 is 26.1 Å². The zero-order valence-electron chi connectivity index (χ0n) is 13.0. The lowest BCUT2D eigenvalue weighted by Crippen LogP contribution is -2.35. The second-order valence-corrected chi connectivity index (χ2v) is 9.95. The van der Waals surface area contributed by atoms with Crippen molar-refractivity contribution in [1.82, 2.24) is 0 Å². The molecule has 1 atom stereocenters. The van der Waals surface area contributed by atoms with E-state index in [1.165, 1.54) is 40.7 Å². The fourth-order valence-electron chi connectivity index (χ4n) is 2.90. The molecule has 6 nitrogen and oxygen atoms in total. The number of benzene rings is 2. The van der Waals surface area contributed by atoms with Gasteiger partial charge in [-0.25, -0.2) is 22.0 Å². The Bertz CT molecular complexity index is 1070. The fourth-order valence-corrected chi connectivity index (χ4v) is 5.90. The Morgan fingerprint density at radius 1 is 1.08 bits per heavy atom. The van der Waals surface area contributed by atoms with Gasteiger partial charge in [0.25, 0.3) is 10.0 Å². The number of fused-ring (bicyclic) bond motifs is 1. The molecule has 0 saturated carbocycles. The van der Waals surface area contributed by atoms with Gasteiger partial charge in [0.05, 0.1) is 15.6 Å². The van der Waals surface area contributed by atoms with Crippen LogP contribution in [0.4, 0.5) is 5.69 Å². The van der Waals surface area contributed by atoms with Gasteiger partial charge in [-0.3, -0.25) is 4.31 Å². The number of hydrogen-bond acceptors (Lipinski definition) is 4.